The average molecular weight is 487 g/mol. The number of carbonyl (C=O) groups excluding carboxylic acids is 1. The van der Waals surface area contributed by atoms with Gasteiger partial charge in [0.25, 0.3) is 0 Å². The third-order valence-electron chi connectivity index (χ3n) is 5.88. The van der Waals surface area contributed by atoms with E-state index in [2.05, 4.69) is 0 Å². The van der Waals surface area contributed by atoms with Gasteiger partial charge in [0.1, 0.15) is 18.2 Å². The molecule has 8 heteroatoms. The summed E-state index contributed by atoms with van der Waals surface area (Å²) in [6.07, 6.45) is -1.38. The number of hydrogen-bond donors (Lipinski definition) is 1. The highest BCUT2D eigenvalue weighted by molar-refractivity contribution is 6.30. The number of carbonyl (C=O) groups is 1. The van der Waals surface area contributed by atoms with E-state index in [0.717, 1.165) is 17.2 Å². The summed E-state index contributed by atoms with van der Waals surface area (Å²) in [5.41, 5.74) is 2.07. The first-order valence-electron chi connectivity index (χ1n) is 10.9. The van der Waals surface area contributed by atoms with Crippen LogP contribution < -0.4 is 0 Å². The maximum atomic E-state index is 14.4. The van der Waals surface area contributed by atoms with Crippen LogP contribution in [0.1, 0.15) is 16.7 Å². The van der Waals surface area contributed by atoms with Crippen molar-refractivity contribution < 1.29 is 23.4 Å². The van der Waals surface area contributed by atoms with E-state index in [0.29, 0.717) is 17.1 Å². The lowest BCUT2D eigenvalue weighted by molar-refractivity contribution is 0.0721. The minimum atomic E-state index is -0.861. The number of benzene rings is 3. The smallest absolute Gasteiger partial charge is 0.410 e. The van der Waals surface area contributed by atoms with Crippen molar-refractivity contribution in [1.29, 1.82) is 0 Å². The quantitative estimate of drug-likeness (QED) is 0.510. The number of β-amino-alcohol motifs (C(OH)–C–C–N with tert-alkyl or cyclic N) is 1. The van der Waals surface area contributed by atoms with Gasteiger partial charge in [-0.2, -0.15) is 0 Å². The molecule has 3 aromatic rings. The van der Waals surface area contributed by atoms with E-state index in [9.17, 15) is 18.7 Å². The molecule has 1 N–H and O–H groups in total. The molecule has 0 aromatic heterocycles. The van der Waals surface area contributed by atoms with Gasteiger partial charge in [-0.15, -0.1) is 0 Å². The SMILES string of the molecule is O=C(OCc1ccccc1)N1C[C@@H](O)[C@H](N(Cc2ccc(Cl)cc2)Cc2ccc(F)cc2F)C1. The molecule has 2 atom stereocenters. The van der Waals surface area contributed by atoms with Crippen LogP contribution in [-0.4, -0.2) is 46.2 Å². The summed E-state index contributed by atoms with van der Waals surface area (Å²) in [6, 6.07) is 19.5. The van der Waals surface area contributed by atoms with E-state index in [1.54, 1.807) is 12.1 Å². The van der Waals surface area contributed by atoms with Crippen molar-refractivity contribution >= 4 is 17.7 Å². The second kappa shape index (κ2) is 11.0. The molecule has 1 amide bonds. The number of ether oxygens (including phenoxy) is 1. The Balaban J connectivity index is 1.48. The summed E-state index contributed by atoms with van der Waals surface area (Å²) in [4.78, 5) is 16.0. The first-order chi connectivity index (χ1) is 16.4. The number of rotatable bonds is 7. The van der Waals surface area contributed by atoms with E-state index in [1.807, 2.05) is 47.4 Å². The Bertz CT molecular complexity index is 1110. The Hall–Kier alpha value is -3.00. The van der Waals surface area contributed by atoms with Gasteiger partial charge in [-0.05, 0) is 29.3 Å². The highest BCUT2D eigenvalue weighted by Crippen LogP contribution is 2.24. The summed E-state index contributed by atoms with van der Waals surface area (Å²) in [7, 11) is 0. The normalized spacial score (nSPS) is 17.9. The Morgan fingerprint density at radius 1 is 1.00 bits per heavy atom. The molecular weight excluding hydrogens is 462 g/mol. The predicted molar refractivity (Wildman–Crippen MR) is 125 cm³/mol. The van der Waals surface area contributed by atoms with E-state index in [-0.39, 0.29) is 26.2 Å². The lowest BCUT2D eigenvalue weighted by atomic mass is 10.1. The standard InChI is InChI=1S/C26H25ClF2N2O3/c27-21-9-6-18(7-10-21)13-30(14-20-8-11-22(28)12-23(20)29)24-15-31(16-25(24)32)26(33)34-17-19-4-2-1-3-5-19/h1-12,24-25,32H,13-17H2/t24-,25-/m1/s1. The van der Waals surface area contributed by atoms with Crippen molar-refractivity contribution in [2.75, 3.05) is 13.1 Å². The number of likely N-dealkylation sites (tertiary alicyclic amines) is 1. The molecule has 0 aliphatic carbocycles. The van der Waals surface area contributed by atoms with E-state index in [4.69, 9.17) is 16.3 Å². The zero-order chi connectivity index (χ0) is 24.1. The molecule has 5 nitrogen and oxygen atoms in total. The Labute approximate surface area is 202 Å². The maximum Gasteiger partial charge on any atom is 0.410 e. The van der Waals surface area contributed by atoms with Crippen LogP contribution in [-0.2, 0) is 24.4 Å². The minimum absolute atomic E-state index is 0.0985. The first kappa shape index (κ1) is 24.1. The molecule has 3 aromatic carbocycles. The van der Waals surface area contributed by atoms with E-state index < -0.39 is 29.9 Å². The molecule has 1 aliphatic rings. The van der Waals surface area contributed by atoms with Crippen LogP contribution in [0.2, 0.25) is 5.02 Å². The molecule has 4 rings (SSSR count). The third-order valence-corrected chi connectivity index (χ3v) is 6.13. The van der Waals surface area contributed by atoms with Crippen LogP contribution in [0.15, 0.2) is 72.8 Å². The van der Waals surface area contributed by atoms with Gasteiger partial charge in [-0.3, -0.25) is 4.90 Å². The molecule has 0 unspecified atom stereocenters. The molecule has 1 heterocycles. The summed E-state index contributed by atoms with van der Waals surface area (Å²) in [5.74, 6) is -1.31. The minimum Gasteiger partial charge on any atom is -0.445 e. The van der Waals surface area contributed by atoms with Crippen LogP contribution >= 0.6 is 11.6 Å². The van der Waals surface area contributed by atoms with Crippen LogP contribution in [0.5, 0.6) is 0 Å². The zero-order valence-corrected chi connectivity index (χ0v) is 19.2. The van der Waals surface area contributed by atoms with Crippen LogP contribution in [0.4, 0.5) is 13.6 Å². The van der Waals surface area contributed by atoms with Gasteiger partial charge in [-0.1, -0.05) is 60.1 Å². The fourth-order valence-corrected chi connectivity index (χ4v) is 4.20. The molecule has 1 saturated heterocycles. The average Bonchev–Trinajstić information content (AvgIpc) is 3.22. The predicted octanol–water partition coefficient (Wildman–Crippen LogP) is 5.00. The number of hydrogen-bond acceptors (Lipinski definition) is 4. The van der Waals surface area contributed by atoms with E-state index >= 15 is 0 Å². The van der Waals surface area contributed by atoms with Gasteiger partial charge in [0.2, 0.25) is 0 Å². The summed E-state index contributed by atoms with van der Waals surface area (Å²) in [5, 5.41) is 11.4. The van der Waals surface area contributed by atoms with Crippen LogP contribution in [0.3, 0.4) is 0 Å². The van der Waals surface area contributed by atoms with Crippen molar-refractivity contribution in [3.63, 3.8) is 0 Å². The maximum absolute atomic E-state index is 14.4. The van der Waals surface area contributed by atoms with Crippen LogP contribution in [0.25, 0.3) is 0 Å². The number of nitrogens with zero attached hydrogens (tertiary/aromatic N) is 2. The second-order valence-electron chi connectivity index (χ2n) is 8.35. The van der Waals surface area contributed by atoms with E-state index in [1.165, 1.54) is 17.0 Å². The van der Waals surface area contributed by atoms with Gasteiger partial charge in [0.15, 0.2) is 0 Å². The lowest BCUT2D eigenvalue weighted by Crippen LogP contribution is -2.42. The largest absolute Gasteiger partial charge is 0.445 e. The fourth-order valence-electron chi connectivity index (χ4n) is 4.07. The molecule has 1 fully saturated rings. The second-order valence-corrected chi connectivity index (χ2v) is 8.78. The van der Waals surface area contributed by atoms with Gasteiger partial charge >= 0.3 is 6.09 Å². The molecule has 0 bridgehead atoms. The Morgan fingerprint density at radius 3 is 2.44 bits per heavy atom. The van der Waals surface area contributed by atoms with Gasteiger partial charge in [-0.25, -0.2) is 13.6 Å². The summed E-state index contributed by atoms with van der Waals surface area (Å²) < 4.78 is 33.2. The monoisotopic (exact) mass is 486 g/mol. The highest BCUT2D eigenvalue weighted by Gasteiger charge is 2.38. The van der Waals surface area contributed by atoms with Gasteiger partial charge in [0, 0.05) is 36.3 Å². The highest BCUT2D eigenvalue weighted by atomic mass is 35.5. The molecule has 1 aliphatic heterocycles. The number of amides is 1. The topological polar surface area (TPSA) is 53.0 Å². The van der Waals surface area contributed by atoms with Crippen molar-refractivity contribution in [2.24, 2.45) is 0 Å². The van der Waals surface area contributed by atoms with Crippen molar-refractivity contribution in [3.05, 3.63) is 106 Å². The van der Waals surface area contributed by atoms with Crippen molar-refractivity contribution in [1.82, 2.24) is 9.80 Å². The number of aliphatic hydroxyl groups is 1. The lowest BCUT2D eigenvalue weighted by Gasteiger charge is -2.31. The van der Waals surface area contributed by atoms with Crippen molar-refractivity contribution in [3.8, 4) is 0 Å². The Morgan fingerprint density at radius 2 is 1.74 bits per heavy atom. The van der Waals surface area contributed by atoms with Gasteiger partial charge in [0.05, 0.1) is 18.7 Å². The zero-order valence-electron chi connectivity index (χ0n) is 18.4. The van der Waals surface area contributed by atoms with Gasteiger partial charge < -0.3 is 14.7 Å². The fraction of sp³-hybridized carbons (Fsp3) is 0.269. The first-order valence-corrected chi connectivity index (χ1v) is 11.3. The Kier molecular flexibility index (Phi) is 7.77. The molecule has 0 spiro atoms. The molecular formula is C26H25ClF2N2O3. The number of halogens is 3. The number of aliphatic hydroxyl groups excluding tert-OH is 1. The molecule has 0 radical (unpaired) electrons. The summed E-state index contributed by atoms with van der Waals surface area (Å²) >= 11 is 6.00. The molecule has 0 saturated carbocycles. The third kappa shape index (κ3) is 6.11. The molecule has 34 heavy (non-hydrogen) atoms. The van der Waals surface area contributed by atoms with Crippen molar-refractivity contribution in [2.45, 2.75) is 31.8 Å². The summed E-state index contributed by atoms with van der Waals surface area (Å²) in [6.45, 7) is 0.949. The van der Waals surface area contributed by atoms with Crippen LogP contribution in [0, 0.1) is 11.6 Å². The molecule has 178 valence electrons.